The number of aromatic nitrogens is 3. The molecular weight excluding hydrogens is 359 g/mol. The lowest BCUT2D eigenvalue weighted by molar-refractivity contribution is -0.130. The number of H-pyrrole nitrogens is 1. The molecule has 2 aromatic heterocycles. The second-order valence-corrected chi connectivity index (χ2v) is 6.56. The predicted molar refractivity (Wildman–Crippen MR) is 104 cm³/mol. The third-order valence-electron chi connectivity index (χ3n) is 4.56. The van der Waals surface area contributed by atoms with E-state index in [0.29, 0.717) is 22.6 Å². The average Bonchev–Trinajstić information content (AvgIpc) is 2.69. The molecule has 0 unspecified atom stereocenters. The molecule has 0 atom stereocenters. The van der Waals surface area contributed by atoms with Crippen molar-refractivity contribution in [2.45, 2.75) is 26.3 Å². The van der Waals surface area contributed by atoms with E-state index in [-0.39, 0.29) is 36.7 Å². The Kier molecular flexibility index (Phi) is 5.93. The van der Waals surface area contributed by atoms with Gasteiger partial charge in [-0.15, -0.1) is 0 Å². The summed E-state index contributed by atoms with van der Waals surface area (Å²) >= 11 is 0. The Morgan fingerprint density at radius 2 is 1.89 bits per heavy atom. The Morgan fingerprint density at radius 1 is 1.18 bits per heavy atom. The number of rotatable bonds is 6. The average molecular weight is 380 g/mol. The number of nitrogens with one attached hydrogen (secondary N) is 1. The molecule has 0 aliphatic rings. The van der Waals surface area contributed by atoms with Crippen LogP contribution >= 0.6 is 0 Å². The molecular formula is C21H21FN4O2. The zero-order valence-electron chi connectivity index (χ0n) is 15.8. The molecule has 0 spiro atoms. The van der Waals surface area contributed by atoms with E-state index in [9.17, 15) is 14.0 Å². The summed E-state index contributed by atoms with van der Waals surface area (Å²) < 4.78 is 13.8. The number of aryl methyl sites for hydroxylation is 1. The third kappa shape index (κ3) is 4.49. The van der Waals surface area contributed by atoms with Gasteiger partial charge in [-0.1, -0.05) is 18.2 Å². The van der Waals surface area contributed by atoms with Gasteiger partial charge in [-0.3, -0.25) is 14.6 Å². The van der Waals surface area contributed by atoms with Crippen molar-refractivity contribution in [2.75, 3.05) is 7.05 Å². The minimum atomic E-state index is -0.342. The van der Waals surface area contributed by atoms with E-state index in [0.717, 1.165) is 5.56 Å². The molecule has 7 heteroatoms. The maximum atomic E-state index is 13.8. The maximum Gasteiger partial charge on any atom is 0.254 e. The van der Waals surface area contributed by atoms with Gasteiger partial charge >= 0.3 is 0 Å². The van der Waals surface area contributed by atoms with Gasteiger partial charge < -0.3 is 9.88 Å². The Labute approximate surface area is 162 Å². The molecule has 0 bridgehead atoms. The summed E-state index contributed by atoms with van der Waals surface area (Å²) in [7, 11) is 1.62. The van der Waals surface area contributed by atoms with Crippen molar-refractivity contribution in [3.8, 4) is 11.4 Å². The second-order valence-electron chi connectivity index (χ2n) is 6.56. The number of hydrogen-bond donors (Lipinski definition) is 1. The van der Waals surface area contributed by atoms with E-state index in [1.807, 2.05) is 0 Å². The largest absolute Gasteiger partial charge is 0.341 e. The summed E-state index contributed by atoms with van der Waals surface area (Å²) in [5.41, 5.74) is 2.02. The minimum Gasteiger partial charge on any atom is -0.341 e. The molecule has 0 saturated heterocycles. The molecule has 0 fully saturated rings. The molecule has 28 heavy (non-hydrogen) atoms. The van der Waals surface area contributed by atoms with Gasteiger partial charge in [0.25, 0.3) is 5.56 Å². The number of nitrogens with zero attached hydrogens (tertiary/aromatic N) is 3. The summed E-state index contributed by atoms with van der Waals surface area (Å²) in [5, 5.41) is 0. The van der Waals surface area contributed by atoms with Gasteiger partial charge in [-0.05, 0) is 31.5 Å². The topological polar surface area (TPSA) is 79.0 Å². The number of carbonyl (C=O) groups is 1. The molecule has 144 valence electrons. The van der Waals surface area contributed by atoms with Gasteiger partial charge in [0.05, 0.1) is 0 Å². The van der Waals surface area contributed by atoms with Crippen molar-refractivity contribution in [3.63, 3.8) is 0 Å². The van der Waals surface area contributed by atoms with Crippen LogP contribution in [0, 0.1) is 12.7 Å². The zero-order valence-corrected chi connectivity index (χ0v) is 15.8. The Bertz CT molecular complexity index is 1030. The van der Waals surface area contributed by atoms with Crippen molar-refractivity contribution >= 4 is 5.91 Å². The minimum absolute atomic E-state index is 0.144. The Balaban J connectivity index is 1.68. The smallest absolute Gasteiger partial charge is 0.254 e. The van der Waals surface area contributed by atoms with Crippen molar-refractivity contribution in [1.29, 1.82) is 0 Å². The molecule has 0 aliphatic heterocycles. The standard InChI is InChI=1S/C21H21FN4O2/c1-14-17(21(28)25-20(24-14)15-9-11-23-12-10-15)7-8-19(27)26(2)13-16-5-3-4-6-18(16)22/h3-6,9-12H,7-8,13H2,1-2H3,(H,24,25,28). The molecule has 1 amide bonds. The van der Waals surface area contributed by atoms with Crippen molar-refractivity contribution in [1.82, 2.24) is 19.9 Å². The van der Waals surface area contributed by atoms with E-state index < -0.39 is 0 Å². The summed E-state index contributed by atoms with van der Waals surface area (Å²) in [6.45, 7) is 1.93. The zero-order chi connectivity index (χ0) is 20.1. The van der Waals surface area contributed by atoms with E-state index in [1.54, 1.807) is 56.7 Å². The first kappa shape index (κ1) is 19.4. The highest BCUT2D eigenvalue weighted by molar-refractivity contribution is 5.76. The molecule has 3 aromatic rings. The van der Waals surface area contributed by atoms with Crippen LogP contribution in [-0.4, -0.2) is 32.8 Å². The fourth-order valence-corrected chi connectivity index (χ4v) is 2.94. The molecule has 1 aromatic carbocycles. The van der Waals surface area contributed by atoms with E-state index in [4.69, 9.17) is 0 Å². The predicted octanol–water partition coefficient (Wildman–Crippen LogP) is 2.87. The van der Waals surface area contributed by atoms with Crippen molar-refractivity contribution in [3.05, 3.63) is 81.8 Å². The highest BCUT2D eigenvalue weighted by Crippen LogP contribution is 2.14. The molecule has 0 saturated carbocycles. The van der Waals surface area contributed by atoms with Crippen LogP contribution in [0.5, 0.6) is 0 Å². The number of aromatic amines is 1. The molecule has 2 heterocycles. The van der Waals surface area contributed by atoms with Crippen LogP contribution in [-0.2, 0) is 17.8 Å². The van der Waals surface area contributed by atoms with Gasteiger partial charge in [0.2, 0.25) is 5.91 Å². The number of halogens is 1. The van der Waals surface area contributed by atoms with Gasteiger partial charge in [0.1, 0.15) is 11.6 Å². The summed E-state index contributed by atoms with van der Waals surface area (Å²) in [5.74, 6) is -0.0396. The normalized spacial score (nSPS) is 10.7. The molecule has 3 rings (SSSR count). The lowest BCUT2D eigenvalue weighted by Crippen LogP contribution is -2.28. The number of benzene rings is 1. The van der Waals surface area contributed by atoms with Crippen molar-refractivity contribution in [2.24, 2.45) is 0 Å². The number of hydrogen-bond acceptors (Lipinski definition) is 4. The molecule has 1 N–H and O–H groups in total. The van der Waals surface area contributed by atoms with E-state index in [1.165, 1.54) is 11.0 Å². The van der Waals surface area contributed by atoms with Crippen molar-refractivity contribution < 1.29 is 9.18 Å². The van der Waals surface area contributed by atoms with Gasteiger partial charge in [0.15, 0.2) is 0 Å². The van der Waals surface area contributed by atoms with Crippen LogP contribution in [0.15, 0.2) is 53.6 Å². The van der Waals surface area contributed by atoms with E-state index >= 15 is 0 Å². The Hall–Kier alpha value is -3.35. The molecule has 0 radical (unpaired) electrons. The first-order chi connectivity index (χ1) is 13.5. The summed E-state index contributed by atoms with van der Waals surface area (Å²) in [6.07, 6.45) is 3.67. The van der Waals surface area contributed by atoms with Gasteiger partial charge in [-0.2, -0.15) is 0 Å². The highest BCUT2D eigenvalue weighted by Gasteiger charge is 2.15. The monoisotopic (exact) mass is 380 g/mol. The lowest BCUT2D eigenvalue weighted by atomic mass is 10.1. The SMILES string of the molecule is Cc1nc(-c2ccncc2)[nH]c(=O)c1CCC(=O)N(C)Cc1ccccc1F. The van der Waals surface area contributed by atoms with Crippen LogP contribution in [0.25, 0.3) is 11.4 Å². The summed E-state index contributed by atoms with van der Waals surface area (Å²) in [4.78, 5) is 37.5. The number of pyridine rings is 1. The number of amides is 1. The highest BCUT2D eigenvalue weighted by atomic mass is 19.1. The third-order valence-corrected chi connectivity index (χ3v) is 4.56. The fourth-order valence-electron chi connectivity index (χ4n) is 2.94. The second kappa shape index (κ2) is 8.56. The van der Waals surface area contributed by atoms with E-state index in [2.05, 4.69) is 15.0 Å². The van der Waals surface area contributed by atoms with Crippen LogP contribution in [0.4, 0.5) is 4.39 Å². The quantitative estimate of drug-likeness (QED) is 0.713. The summed E-state index contributed by atoms with van der Waals surface area (Å²) in [6, 6.07) is 9.88. The lowest BCUT2D eigenvalue weighted by Gasteiger charge is -2.18. The van der Waals surface area contributed by atoms with Crippen LogP contribution in [0.1, 0.15) is 23.2 Å². The number of carbonyl (C=O) groups excluding carboxylic acids is 1. The maximum absolute atomic E-state index is 13.8. The van der Waals surface area contributed by atoms with Crippen LogP contribution < -0.4 is 5.56 Å². The first-order valence-electron chi connectivity index (χ1n) is 8.93. The van der Waals surface area contributed by atoms with Crippen LogP contribution in [0.2, 0.25) is 0 Å². The van der Waals surface area contributed by atoms with Crippen LogP contribution in [0.3, 0.4) is 0 Å². The molecule has 6 nitrogen and oxygen atoms in total. The molecule has 0 aliphatic carbocycles. The Morgan fingerprint density at radius 3 is 2.57 bits per heavy atom. The fraction of sp³-hybridized carbons (Fsp3) is 0.238. The van der Waals surface area contributed by atoms with Gasteiger partial charge in [0, 0.05) is 54.8 Å². The van der Waals surface area contributed by atoms with Gasteiger partial charge in [-0.25, -0.2) is 9.37 Å². The first-order valence-corrected chi connectivity index (χ1v) is 8.93.